The summed E-state index contributed by atoms with van der Waals surface area (Å²) < 4.78 is 34.1. The number of halogens is 4. The van der Waals surface area contributed by atoms with Gasteiger partial charge >= 0.3 is 10.2 Å². The third-order valence-electron chi connectivity index (χ3n) is 1.21. The van der Waals surface area contributed by atoms with E-state index in [1.807, 2.05) is 0 Å². The first-order valence-corrected chi connectivity index (χ1v) is 5.85. The van der Waals surface area contributed by atoms with Gasteiger partial charge in [-0.1, -0.05) is 39.1 Å². The van der Waals surface area contributed by atoms with Crippen molar-refractivity contribution in [3.8, 4) is 0 Å². The molecule has 0 aliphatic heterocycles. The minimum absolute atomic E-state index is 0.248. The molecule has 0 saturated heterocycles. The average molecular weight is 308 g/mol. The van der Waals surface area contributed by atoms with Crippen molar-refractivity contribution in [2.45, 2.75) is 4.90 Å². The van der Waals surface area contributed by atoms with Gasteiger partial charge in [-0.3, -0.25) is 0 Å². The van der Waals surface area contributed by atoms with Crippen molar-refractivity contribution < 1.29 is 12.3 Å². The number of benzene rings is 1. The van der Waals surface area contributed by atoms with Gasteiger partial charge < -0.3 is 0 Å². The van der Waals surface area contributed by atoms with Gasteiger partial charge in [0.25, 0.3) is 0 Å². The summed E-state index contributed by atoms with van der Waals surface area (Å²) in [5.74, 6) is 0. The molecule has 0 spiro atoms. The molecule has 0 aliphatic carbocycles. The van der Waals surface area contributed by atoms with Crippen LogP contribution in [-0.2, 0) is 10.2 Å². The molecule has 0 N–H and O–H groups in total. The molecule has 0 fully saturated rings. The Bertz CT molecular complexity index is 423. The van der Waals surface area contributed by atoms with Crippen molar-refractivity contribution in [1.82, 2.24) is 0 Å². The van der Waals surface area contributed by atoms with Gasteiger partial charge in [0.15, 0.2) is 0 Å². The van der Waals surface area contributed by atoms with Crippen LogP contribution in [0.1, 0.15) is 0 Å². The molecule has 1 aromatic carbocycles. The van der Waals surface area contributed by atoms with Crippen LogP contribution < -0.4 is 0 Å². The molecule has 0 atom stereocenters. The molecule has 0 heterocycles. The predicted molar refractivity (Wildman–Crippen MR) is 52.5 cm³/mol. The van der Waals surface area contributed by atoms with Crippen molar-refractivity contribution in [2.24, 2.45) is 0 Å². The van der Waals surface area contributed by atoms with Crippen LogP contribution in [0.3, 0.4) is 0 Å². The molecular weight excluding hydrogens is 306 g/mol. The SMILES string of the molecule is O=S(=O)(F)c1c(Cl)cc(Br)cc1Cl. The highest BCUT2D eigenvalue weighted by Gasteiger charge is 2.21. The van der Waals surface area contributed by atoms with Crippen LogP contribution in [0.4, 0.5) is 3.89 Å². The van der Waals surface area contributed by atoms with E-state index < -0.39 is 15.1 Å². The highest BCUT2D eigenvalue weighted by Crippen LogP contribution is 2.33. The molecule has 0 unspecified atom stereocenters. The summed E-state index contributed by atoms with van der Waals surface area (Å²) in [5, 5.41) is -0.497. The topological polar surface area (TPSA) is 34.1 Å². The van der Waals surface area contributed by atoms with E-state index in [4.69, 9.17) is 23.2 Å². The van der Waals surface area contributed by atoms with Gasteiger partial charge in [0.2, 0.25) is 0 Å². The number of hydrogen-bond acceptors (Lipinski definition) is 2. The van der Waals surface area contributed by atoms with E-state index in [0.717, 1.165) is 0 Å². The van der Waals surface area contributed by atoms with Crippen LogP contribution in [0.5, 0.6) is 0 Å². The average Bonchev–Trinajstić information content (AvgIpc) is 1.78. The summed E-state index contributed by atoms with van der Waals surface area (Å²) in [6.07, 6.45) is 0. The van der Waals surface area contributed by atoms with E-state index in [-0.39, 0.29) is 10.0 Å². The molecular formula is C6H2BrCl2FO2S. The Hall–Kier alpha value is 0.160. The Morgan fingerprint density at radius 3 is 1.92 bits per heavy atom. The normalized spacial score (nSPS) is 11.7. The lowest BCUT2D eigenvalue weighted by Gasteiger charge is -2.02. The van der Waals surface area contributed by atoms with Crippen LogP contribution in [0.15, 0.2) is 21.5 Å². The zero-order valence-electron chi connectivity index (χ0n) is 5.89. The monoisotopic (exact) mass is 306 g/mol. The first-order valence-electron chi connectivity index (χ1n) is 2.91. The van der Waals surface area contributed by atoms with Gasteiger partial charge in [-0.25, -0.2) is 0 Å². The maximum atomic E-state index is 12.6. The summed E-state index contributed by atoms with van der Waals surface area (Å²) in [6.45, 7) is 0. The minimum atomic E-state index is -4.87. The van der Waals surface area contributed by atoms with E-state index in [9.17, 15) is 12.3 Å². The first kappa shape index (κ1) is 11.2. The van der Waals surface area contributed by atoms with E-state index in [0.29, 0.717) is 4.47 Å². The van der Waals surface area contributed by atoms with Crippen LogP contribution in [0.25, 0.3) is 0 Å². The van der Waals surface area contributed by atoms with Crippen molar-refractivity contribution >= 4 is 49.4 Å². The quantitative estimate of drug-likeness (QED) is 0.745. The van der Waals surface area contributed by atoms with Crippen molar-refractivity contribution in [2.75, 3.05) is 0 Å². The molecule has 0 bridgehead atoms. The molecule has 72 valence electrons. The lowest BCUT2D eigenvalue weighted by atomic mass is 10.4. The molecule has 2 nitrogen and oxygen atoms in total. The minimum Gasteiger partial charge on any atom is -0.189 e. The number of rotatable bonds is 1. The fraction of sp³-hybridized carbons (Fsp3) is 0. The Morgan fingerprint density at radius 1 is 1.23 bits per heavy atom. The highest BCUT2D eigenvalue weighted by atomic mass is 79.9. The second-order valence-electron chi connectivity index (χ2n) is 2.14. The van der Waals surface area contributed by atoms with Gasteiger partial charge in [0.1, 0.15) is 4.90 Å². The van der Waals surface area contributed by atoms with Gasteiger partial charge in [0.05, 0.1) is 10.0 Å². The maximum Gasteiger partial charge on any atom is 0.335 e. The van der Waals surface area contributed by atoms with Crippen LogP contribution in [0.2, 0.25) is 10.0 Å². The van der Waals surface area contributed by atoms with Crippen LogP contribution in [-0.4, -0.2) is 8.42 Å². The summed E-state index contributed by atoms with van der Waals surface area (Å²) in [4.78, 5) is -0.695. The van der Waals surface area contributed by atoms with Crippen molar-refractivity contribution in [3.63, 3.8) is 0 Å². The van der Waals surface area contributed by atoms with E-state index in [2.05, 4.69) is 15.9 Å². The fourth-order valence-corrected chi connectivity index (χ4v) is 3.11. The molecule has 13 heavy (non-hydrogen) atoms. The van der Waals surface area contributed by atoms with E-state index in [1.54, 1.807) is 0 Å². The Labute approximate surface area is 93.0 Å². The second kappa shape index (κ2) is 3.73. The molecule has 0 amide bonds. The second-order valence-corrected chi connectivity index (χ2v) is 5.15. The molecule has 1 rings (SSSR count). The molecule has 0 radical (unpaired) electrons. The summed E-state index contributed by atoms with van der Waals surface area (Å²) in [6, 6.07) is 2.50. The van der Waals surface area contributed by atoms with Gasteiger partial charge in [-0.15, -0.1) is 3.89 Å². The van der Waals surface area contributed by atoms with Crippen LogP contribution >= 0.6 is 39.1 Å². The molecule has 0 saturated carbocycles. The van der Waals surface area contributed by atoms with E-state index in [1.165, 1.54) is 12.1 Å². The standard InChI is InChI=1S/C6H2BrCl2FO2S/c7-3-1-4(8)6(5(9)2-3)13(10,11)12/h1-2H. The van der Waals surface area contributed by atoms with Crippen LogP contribution in [0, 0.1) is 0 Å². The predicted octanol–water partition coefficient (Wildman–Crippen LogP) is 3.41. The smallest absolute Gasteiger partial charge is 0.189 e. The molecule has 1 aromatic rings. The zero-order chi connectivity index (χ0) is 10.2. The molecule has 7 heteroatoms. The summed E-state index contributed by atoms with van der Waals surface area (Å²) >= 11 is 14.0. The van der Waals surface area contributed by atoms with Gasteiger partial charge in [-0.2, -0.15) is 8.42 Å². The highest BCUT2D eigenvalue weighted by molar-refractivity contribution is 9.10. The lowest BCUT2D eigenvalue weighted by molar-refractivity contribution is 0.552. The summed E-state index contributed by atoms with van der Waals surface area (Å²) in [5.41, 5.74) is 0. The van der Waals surface area contributed by atoms with Crippen molar-refractivity contribution in [1.29, 1.82) is 0 Å². The van der Waals surface area contributed by atoms with Gasteiger partial charge in [0, 0.05) is 4.47 Å². The molecule has 0 aromatic heterocycles. The third-order valence-corrected chi connectivity index (χ3v) is 3.41. The van der Waals surface area contributed by atoms with Gasteiger partial charge in [-0.05, 0) is 12.1 Å². The van der Waals surface area contributed by atoms with E-state index >= 15 is 0 Å². The largest absolute Gasteiger partial charge is 0.335 e. The Morgan fingerprint density at radius 2 is 1.62 bits per heavy atom. The molecule has 0 aliphatic rings. The maximum absolute atomic E-state index is 12.6. The van der Waals surface area contributed by atoms with Crippen molar-refractivity contribution in [3.05, 3.63) is 26.7 Å². The lowest BCUT2D eigenvalue weighted by Crippen LogP contribution is -1.94. The first-order chi connectivity index (χ1) is 5.82. The Kier molecular flexibility index (Phi) is 3.22. The Balaban J connectivity index is 3.57. The number of hydrogen-bond donors (Lipinski definition) is 0. The zero-order valence-corrected chi connectivity index (χ0v) is 9.81. The third kappa shape index (κ3) is 2.56. The summed E-state index contributed by atoms with van der Waals surface area (Å²) in [7, 11) is -4.87. The fourth-order valence-electron chi connectivity index (χ4n) is 0.762.